The second-order valence-corrected chi connectivity index (χ2v) is 7.23. The number of likely N-dealkylation sites (tertiary alicyclic amines) is 1. The van der Waals surface area contributed by atoms with Crippen molar-refractivity contribution in [2.24, 2.45) is 0 Å². The lowest BCUT2D eigenvalue weighted by molar-refractivity contribution is -0.0670. The molecule has 2 aliphatic heterocycles. The number of hydrogen-bond donors (Lipinski definition) is 0. The summed E-state index contributed by atoms with van der Waals surface area (Å²) in [4.78, 5) is 11.5. The molecule has 0 N–H and O–H groups in total. The molecular formula is C20H22N6O2. The van der Waals surface area contributed by atoms with Crippen LogP contribution < -0.4 is 4.74 Å². The molecule has 3 aromatic rings. The molecule has 8 nitrogen and oxygen atoms in total. The normalized spacial score (nSPS) is 21.8. The zero-order valence-corrected chi connectivity index (χ0v) is 15.7. The van der Waals surface area contributed by atoms with Crippen LogP contribution in [0.3, 0.4) is 0 Å². The fourth-order valence-corrected chi connectivity index (χ4v) is 4.05. The summed E-state index contributed by atoms with van der Waals surface area (Å²) in [6.45, 7) is 3.28. The Morgan fingerprint density at radius 3 is 2.89 bits per heavy atom. The van der Waals surface area contributed by atoms with E-state index in [0.29, 0.717) is 12.4 Å². The number of rotatable bonds is 4. The average Bonchev–Trinajstić information content (AvgIpc) is 3.24. The van der Waals surface area contributed by atoms with Crippen LogP contribution in [-0.4, -0.2) is 56.2 Å². The predicted octanol–water partition coefficient (Wildman–Crippen LogP) is 2.09. The molecular weight excluding hydrogens is 356 g/mol. The van der Waals surface area contributed by atoms with E-state index in [2.05, 4.69) is 25.2 Å². The third kappa shape index (κ3) is 3.14. The van der Waals surface area contributed by atoms with Crippen LogP contribution >= 0.6 is 0 Å². The van der Waals surface area contributed by atoms with Crippen molar-refractivity contribution < 1.29 is 9.47 Å². The summed E-state index contributed by atoms with van der Waals surface area (Å²) in [5.74, 6) is 1.45. The molecule has 28 heavy (non-hydrogen) atoms. The highest BCUT2D eigenvalue weighted by Gasteiger charge is 2.36. The van der Waals surface area contributed by atoms with E-state index in [0.717, 1.165) is 48.6 Å². The first-order valence-electron chi connectivity index (χ1n) is 9.49. The zero-order valence-electron chi connectivity index (χ0n) is 15.7. The monoisotopic (exact) mass is 378 g/mol. The molecule has 0 radical (unpaired) electrons. The molecule has 0 bridgehead atoms. The van der Waals surface area contributed by atoms with Gasteiger partial charge in [-0.25, -0.2) is 14.6 Å². The number of fused-ring (bicyclic) bond motifs is 3. The van der Waals surface area contributed by atoms with Crippen molar-refractivity contribution in [1.82, 2.24) is 29.9 Å². The van der Waals surface area contributed by atoms with E-state index in [4.69, 9.17) is 9.47 Å². The Hall–Kier alpha value is -2.84. The van der Waals surface area contributed by atoms with Gasteiger partial charge < -0.3 is 9.47 Å². The second kappa shape index (κ2) is 7.29. The number of methoxy groups -OCH3 is 1. The third-order valence-corrected chi connectivity index (χ3v) is 5.47. The Morgan fingerprint density at radius 2 is 2.04 bits per heavy atom. The molecule has 0 aliphatic carbocycles. The number of piperidine rings is 1. The molecule has 1 aromatic carbocycles. The minimum atomic E-state index is 0.216. The summed E-state index contributed by atoms with van der Waals surface area (Å²) < 4.78 is 13.4. The zero-order chi connectivity index (χ0) is 18.9. The van der Waals surface area contributed by atoms with Crippen LogP contribution in [0, 0.1) is 0 Å². The fourth-order valence-electron chi connectivity index (χ4n) is 4.05. The Labute approximate surface area is 163 Å². The number of nitrogens with zero attached hydrogens (tertiary/aromatic N) is 6. The van der Waals surface area contributed by atoms with Crippen molar-refractivity contribution in [3.63, 3.8) is 0 Å². The van der Waals surface area contributed by atoms with Crippen LogP contribution in [0.5, 0.6) is 5.75 Å². The maximum atomic E-state index is 5.99. The van der Waals surface area contributed by atoms with Gasteiger partial charge in [0.15, 0.2) is 5.82 Å². The summed E-state index contributed by atoms with van der Waals surface area (Å²) in [5, 5.41) is 8.31. The minimum Gasteiger partial charge on any atom is -0.496 e. The first-order valence-corrected chi connectivity index (χ1v) is 9.49. The molecule has 0 spiro atoms. The predicted molar refractivity (Wildman–Crippen MR) is 102 cm³/mol. The Bertz CT molecular complexity index is 957. The van der Waals surface area contributed by atoms with Gasteiger partial charge in [-0.3, -0.25) is 4.90 Å². The van der Waals surface area contributed by atoms with E-state index in [1.165, 1.54) is 0 Å². The molecule has 5 rings (SSSR count). The summed E-state index contributed by atoms with van der Waals surface area (Å²) in [6.07, 6.45) is 6.80. The molecule has 2 aromatic heterocycles. The topological polar surface area (TPSA) is 78.2 Å². The number of benzene rings is 1. The van der Waals surface area contributed by atoms with Crippen LogP contribution in [0.25, 0.3) is 11.4 Å². The fraction of sp³-hybridized carbons (Fsp3) is 0.400. The number of ether oxygens (including phenoxy) is 2. The quantitative estimate of drug-likeness (QED) is 0.688. The smallest absolute Gasteiger partial charge is 0.162 e. The lowest BCUT2D eigenvalue weighted by Crippen LogP contribution is -2.47. The summed E-state index contributed by atoms with van der Waals surface area (Å²) in [5.41, 5.74) is 3.04. The SMILES string of the molecule is COc1ccccc1-c1ncc(CN2CC[C@@H]3OCc4cnnn4[C@H]3C2)cn1. The molecule has 8 heteroatoms. The summed E-state index contributed by atoms with van der Waals surface area (Å²) in [7, 11) is 1.66. The average molecular weight is 378 g/mol. The van der Waals surface area contributed by atoms with E-state index in [1.807, 2.05) is 41.3 Å². The van der Waals surface area contributed by atoms with Crippen LogP contribution in [0.2, 0.25) is 0 Å². The van der Waals surface area contributed by atoms with Gasteiger partial charge in [0.25, 0.3) is 0 Å². The standard InChI is InChI=1S/C20H22N6O2/c1-27-18-5-3-2-4-16(18)20-21-8-14(9-22-20)11-25-7-6-19-17(12-25)26-15(13-28-19)10-23-24-26/h2-5,8-10,17,19H,6-7,11-13H2,1H3/t17-,19-/m0/s1. The third-order valence-electron chi connectivity index (χ3n) is 5.47. The van der Waals surface area contributed by atoms with Crippen molar-refractivity contribution in [2.45, 2.75) is 31.7 Å². The van der Waals surface area contributed by atoms with Crippen molar-refractivity contribution in [2.75, 3.05) is 20.2 Å². The molecule has 4 heterocycles. The van der Waals surface area contributed by atoms with Crippen LogP contribution in [0.15, 0.2) is 42.9 Å². The first kappa shape index (κ1) is 17.3. The van der Waals surface area contributed by atoms with Crippen LogP contribution in [0.4, 0.5) is 0 Å². The molecule has 0 unspecified atom stereocenters. The van der Waals surface area contributed by atoms with Crippen molar-refractivity contribution >= 4 is 0 Å². The van der Waals surface area contributed by atoms with Gasteiger partial charge in [0.1, 0.15) is 5.75 Å². The van der Waals surface area contributed by atoms with Crippen molar-refractivity contribution in [1.29, 1.82) is 0 Å². The van der Waals surface area contributed by atoms with Gasteiger partial charge in [-0.15, -0.1) is 5.10 Å². The lowest BCUT2D eigenvalue weighted by Gasteiger charge is -2.41. The molecule has 1 saturated heterocycles. The summed E-state index contributed by atoms with van der Waals surface area (Å²) >= 11 is 0. The van der Waals surface area contributed by atoms with E-state index >= 15 is 0 Å². The van der Waals surface area contributed by atoms with Gasteiger partial charge in [0.2, 0.25) is 0 Å². The van der Waals surface area contributed by atoms with Gasteiger partial charge >= 0.3 is 0 Å². The molecule has 144 valence electrons. The van der Waals surface area contributed by atoms with E-state index in [1.54, 1.807) is 13.3 Å². The number of para-hydroxylation sites is 1. The van der Waals surface area contributed by atoms with E-state index in [9.17, 15) is 0 Å². The van der Waals surface area contributed by atoms with Gasteiger partial charge in [-0.1, -0.05) is 17.3 Å². The first-order chi connectivity index (χ1) is 13.8. The van der Waals surface area contributed by atoms with Crippen LogP contribution in [0.1, 0.15) is 23.7 Å². The summed E-state index contributed by atoms with van der Waals surface area (Å²) in [6, 6.07) is 8.01. The number of aromatic nitrogens is 5. The highest BCUT2D eigenvalue weighted by Crippen LogP contribution is 2.31. The van der Waals surface area contributed by atoms with Gasteiger partial charge in [-0.05, 0) is 18.6 Å². The van der Waals surface area contributed by atoms with E-state index < -0.39 is 0 Å². The van der Waals surface area contributed by atoms with Gasteiger partial charge in [0.05, 0.1) is 43.3 Å². The Kier molecular flexibility index (Phi) is 4.50. The highest BCUT2D eigenvalue weighted by molar-refractivity contribution is 5.63. The Morgan fingerprint density at radius 1 is 1.18 bits per heavy atom. The minimum absolute atomic E-state index is 0.216. The largest absolute Gasteiger partial charge is 0.496 e. The molecule has 0 amide bonds. The second-order valence-electron chi connectivity index (χ2n) is 7.23. The maximum absolute atomic E-state index is 5.99. The number of hydrogen-bond acceptors (Lipinski definition) is 7. The van der Waals surface area contributed by atoms with Crippen molar-refractivity contribution in [3.8, 4) is 17.1 Å². The Balaban J connectivity index is 1.30. The molecule has 0 saturated carbocycles. The highest BCUT2D eigenvalue weighted by atomic mass is 16.5. The molecule has 2 atom stereocenters. The van der Waals surface area contributed by atoms with E-state index in [-0.39, 0.29) is 12.1 Å². The van der Waals surface area contributed by atoms with Crippen LogP contribution in [-0.2, 0) is 17.9 Å². The van der Waals surface area contributed by atoms with Gasteiger partial charge in [0, 0.05) is 37.6 Å². The molecule has 2 aliphatic rings. The van der Waals surface area contributed by atoms with Crippen molar-refractivity contribution in [3.05, 3.63) is 54.1 Å². The maximum Gasteiger partial charge on any atom is 0.162 e. The lowest BCUT2D eigenvalue weighted by atomic mass is 10.00. The molecule has 1 fully saturated rings. The van der Waals surface area contributed by atoms with Gasteiger partial charge in [-0.2, -0.15) is 0 Å².